The summed E-state index contributed by atoms with van der Waals surface area (Å²) in [5, 5.41) is 3.07. The quantitative estimate of drug-likeness (QED) is 0.499. The van der Waals surface area contributed by atoms with Crippen LogP contribution in [-0.2, 0) is 0 Å². The summed E-state index contributed by atoms with van der Waals surface area (Å²) < 4.78 is 27.5. The zero-order valence-electron chi connectivity index (χ0n) is 11.6. The van der Waals surface area contributed by atoms with Gasteiger partial charge in [0.1, 0.15) is 11.6 Å². The van der Waals surface area contributed by atoms with Crippen molar-refractivity contribution in [2.45, 2.75) is 51.5 Å². The molecular weight excluding hydrogens is 312 g/mol. The Morgan fingerprint density at radius 2 is 1.79 bits per heavy atom. The van der Waals surface area contributed by atoms with Crippen molar-refractivity contribution in [3.63, 3.8) is 0 Å². The largest absolute Gasteiger partial charge is 0.313 e. The van der Waals surface area contributed by atoms with Gasteiger partial charge in [-0.25, -0.2) is 8.78 Å². The van der Waals surface area contributed by atoms with Crippen molar-refractivity contribution in [1.82, 2.24) is 5.32 Å². The molecule has 0 amide bonds. The Bertz CT molecular complexity index is 396. The van der Waals surface area contributed by atoms with Crippen LogP contribution in [0.5, 0.6) is 0 Å². The van der Waals surface area contributed by atoms with E-state index in [9.17, 15) is 8.78 Å². The van der Waals surface area contributed by atoms with Crippen molar-refractivity contribution >= 4 is 15.9 Å². The van der Waals surface area contributed by atoms with Crippen LogP contribution in [0.15, 0.2) is 16.6 Å². The van der Waals surface area contributed by atoms with Crippen molar-refractivity contribution in [3.05, 3.63) is 33.8 Å². The number of halogens is 3. The van der Waals surface area contributed by atoms with E-state index in [1.54, 1.807) is 7.05 Å². The minimum Gasteiger partial charge on any atom is -0.313 e. The molecule has 4 heteroatoms. The van der Waals surface area contributed by atoms with E-state index in [0.717, 1.165) is 19.3 Å². The SMILES string of the molecule is CCCCCCCC(NC)c1cc(F)c(Br)cc1F. The van der Waals surface area contributed by atoms with Crippen molar-refractivity contribution in [1.29, 1.82) is 0 Å². The predicted molar refractivity (Wildman–Crippen MR) is 79.2 cm³/mol. The Balaban J connectivity index is 2.61. The molecule has 0 saturated carbocycles. The molecule has 0 heterocycles. The lowest BCUT2D eigenvalue weighted by molar-refractivity contribution is 0.472. The van der Waals surface area contributed by atoms with E-state index in [0.29, 0.717) is 5.56 Å². The molecule has 0 aliphatic carbocycles. The second-order valence-electron chi connectivity index (χ2n) is 4.83. The Morgan fingerprint density at radius 1 is 1.11 bits per heavy atom. The van der Waals surface area contributed by atoms with Crippen LogP contribution in [0.3, 0.4) is 0 Å². The number of hydrogen-bond donors (Lipinski definition) is 1. The van der Waals surface area contributed by atoms with E-state index < -0.39 is 5.82 Å². The van der Waals surface area contributed by atoms with E-state index in [-0.39, 0.29) is 16.3 Å². The highest BCUT2D eigenvalue weighted by atomic mass is 79.9. The van der Waals surface area contributed by atoms with E-state index >= 15 is 0 Å². The van der Waals surface area contributed by atoms with Gasteiger partial charge in [0, 0.05) is 11.6 Å². The summed E-state index contributed by atoms with van der Waals surface area (Å²) >= 11 is 3.00. The normalized spacial score (nSPS) is 12.7. The molecule has 0 bridgehead atoms. The molecule has 0 fully saturated rings. The van der Waals surface area contributed by atoms with Gasteiger partial charge in [-0.1, -0.05) is 39.0 Å². The first-order valence-corrected chi connectivity index (χ1v) is 7.71. The van der Waals surface area contributed by atoms with E-state index in [1.165, 1.54) is 31.4 Å². The van der Waals surface area contributed by atoms with Gasteiger partial charge in [-0.3, -0.25) is 0 Å². The zero-order chi connectivity index (χ0) is 14.3. The monoisotopic (exact) mass is 333 g/mol. The molecular formula is C15H22BrF2N. The van der Waals surface area contributed by atoms with Crippen LogP contribution in [0.4, 0.5) is 8.78 Å². The molecule has 1 N–H and O–H groups in total. The van der Waals surface area contributed by atoms with Crippen LogP contribution in [-0.4, -0.2) is 7.05 Å². The van der Waals surface area contributed by atoms with Gasteiger partial charge < -0.3 is 5.32 Å². The van der Waals surface area contributed by atoms with Gasteiger partial charge in [0.25, 0.3) is 0 Å². The summed E-state index contributed by atoms with van der Waals surface area (Å²) in [7, 11) is 1.79. The lowest BCUT2D eigenvalue weighted by atomic mass is 9.99. The Morgan fingerprint density at radius 3 is 2.42 bits per heavy atom. The highest BCUT2D eigenvalue weighted by Crippen LogP contribution is 2.27. The lowest BCUT2D eigenvalue weighted by Gasteiger charge is -2.17. The van der Waals surface area contributed by atoms with Gasteiger partial charge in [0.2, 0.25) is 0 Å². The predicted octanol–water partition coefficient (Wildman–Crippen LogP) is 5.35. The van der Waals surface area contributed by atoms with Crippen LogP contribution in [0.2, 0.25) is 0 Å². The number of hydrogen-bond acceptors (Lipinski definition) is 1. The summed E-state index contributed by atoms with van der Waals surface area (Å²) in [6, 6.07) is 2.36. The minimum absolute atomic E-state index is 0.121. The van der Waals surface area contributed by atoms with Gasteiger partial charge in [0.15, 0.2) is 0 Å². The molecule has 0 aliphatic heterocycles. The van der Waals surface area contributed by atoms with Gasteiger partial charge in [0.05, 0.1) is 4.47 Å². The molecule has 0 radical (unpaired) electrons. The molecule has 1 aromatic rings. The van der Waals surface area contributed by atoms with Crippen molar-refractivity contribution in [2.75, 3.05) is 7.05 Å². The average molecular weight is 334 g/mol. The summed E-state index contributed by atoms with van der Waals surface area (Å²) in [5.74, 6) is -0.774. The van der Waals surface area contributed by atoms with Crippen LogP contribution < -0.4 is 5.32 Å². The first kappa shape index (κ1) is 16.6. The fourth-order valence-corrected chi connectivity index (χ4v) is 2.53. The first-order chi connectivity index (χ1) is 9.10. The van der Waals surface area contributed by atoms with Crippen LogP contribution in [0, 0.1) is 11.6 Å². The lowest BCUT2D eigenvalue weighted by Crippen LogP contribution is -2.18. The molecule has 1 unspecified atom stereocenters. The standard InChI is InChI=1S/C15H22BrF2N/c1-3-4-5-6-7-8-15(19-2)11-9-14(18)12(16)10-13(11)17/h9-10,15,19H,3-8H2,1-2H3. The third-order valence-electron chi connectivity index (χ3n) is 3.36. The molecule has 19 heavy (non-hydrogen) atoms. The fraction of sp³-hybridized carbons (Fsp3) is 0.600. The summed E-state index contributed by atoms with van der Waals surface area (Å²) in [5.41, 5.74) is 0.415. The van der Waals surface area contributed by atoms with Crippen molar-refractivity contribution < 1.29 is 8.78 Å². The molecule has 1 rings (SSSR count). The highest BCUT2D eigenvalue weighted by Gasteiger charge is 2.16. The fourth-order valence-electron chi connectivity index (χ4n) is 2.21. The molecule has 1 aromatic carbocycles. The third-order valence-corrected chi connectivity index (χ3v) is 3.97. The topological polar surface area (TPSA) is 12.0 Å². The number of rotatable bonds is 8. The van der Waals surface area contributed by atoms with Crippen molar-refractivity contribution in [2.24, 2.45) is 0 Å². The number of unbranched alkanes of at least 4 members (excludes halogenated alkanes) is 4. The minimum atomic E-state index is -0.414. The number of nitrogens with one attached hydrogen (secondary N) is 1. The molecule has 0 spiro atoms. The molecule has 0 aliphatic rings. The third kappa shape index (κ3) is 5.19. The van der Waals surface area contributed by atoms with Crippen LogP contribution in [0.25, 0.3) is 0 Å². The summed E-state index contributed by atoms with van der Waals surface area (Å²) in [6.45, 7) is 2.18. The van der Waals surface area contributed by atoms with E-state index in [4.69, 9.17) is 0 Å². The molecule has 1 nitrogen and oxygen atoms in total. The maximum Gasteiger partial charge on any atom is 0.137 e. The van der Waals surface area contributed by atoms with Gasteiger partial charge in [-0.05, 0) is 41.5 Å². The van der Waals surface area contributed by atoms with E-state index in [2.05, 4.69) is 28.2 Å². The van der Waals surface area contributed by atoms with Gasteiger partial charge >= 0.3 is 0 Å². The van der Waals surface area contributed by atoms with Gasteiger partial charge in [-0.15, -0.1) is 0 Å². The highest BCUT2D eigenvalue weighted by molar-refractivity contribution is 9.10. The average Bonchev–Trinajstić information content (AvgIpc) is 2.39. The zero-order valence-corrected chi connectivity index (χ0v) is 13.2. The first-order valence-electron chi connectivity index (χ1n) is 6.91. The molecule has 0 aromatic heterocycles. The van der Waals surface area contributed by atoms with E-state index in [1.807, 2.05) is 0 Å². The second-order valence-corrected chi connectivity index (χ2v) is 5.69. The maximum absolute atomic E-state index is 13.9. The molecule has 108 valence electrons. The Hall–Kier alpha value is -0.480. The smallest absolute Gasteiger partial charge is 0.137 e. The second kappa shape index (κ2) is 8.64. The van der Waals surface area contributed by atoms with Crippen LogP contribution >= 0.6 is 15.9 Å². The Kier molecular flexibility index (Phi) is 7.54. The Labute approximate surface area is 122 Å². The van der Waals surface area contributed by atoms with Crippen molar-refractivity contribution in [3.8, 4) is 0 Å². The van der Waals surface area contributed by atoms with Crippen LogP contribution in [0.1, 0.15) is 57.1 Å². The number of benzene rings is 1. The molecule has 0 saturated heterocycles. The summed E-state index contributed by atoms with van der Waals surface area (Å²) in [4.78, 5) is 0. The maximum atomic E-state index is 13.9. The summed E-state index contributed by atoms with van der Waals surface area (Å²) in [6.07, 6.45) is 6.67. The van der Waals surface area contributed by atoms with Gasteiger partial charge in [-0.2, -0.15) is 0 Å². The molecule has 1 atom stereocenters.